The van der Waals surface area contributed by atoms with E-state index in [0.717, 1.165) is 5.82 Å². The molecule has 0 saturated carbocycles. The fraction of sp³-hybridized carbons (Fsp3) is 0.667. The van der Waals surface area contributed by atoms with E-state index in [9.17, 15) is 0 Å². The SMILES string of the molecule is Nc1nccc(NC2CCN3CCCCC23)n1. The molecular formula is C12H19N5. The number of rotatable bonds is 2. The van der Waals surface area contributed by atoms with E-state index in [1.54, 1.807) is 6.20 Å². The van der Waals surface area contributed by atoms with Gasteiger partial charge in [0.05, 0.1) is 0 Å². The van der Waals surface area contributed by atoms with Gasteiger partial charge in [-0.25, -0.2) is 4.98 Å². The number of nitrogen functional groups attached to an aromatic ring is 1. The lowest BCUT2D eigenvalue weighted by Gasteiger charge is -2.32. The normalized spacial score (nSPS) is 28.9. The molecule has 3 rings (SSSR count). The van der Waals surface area contributed by atoms with Gasteiger partial charge in [0.25, 0.3) is 0 Å². The molecule has 92 valence electrons. The smallest absolute Gasteiger partial charge is 0.221 e. The molecule has 0 spiro atoms. The summed E-state index contributed by atoms with van der Waals surface area (Å²) in [7, 11) is 0. The van der Waals surface area contributed by atoms with Gasteiger partial charge in [0.2, 0.25) is 5.95 Å². The van der Waals surface area contributed by atoms with Crippen LogP contribution in [0.4, 0.5) is 11.8 Å². The summed E-state index contributed by atoms with van der Waals surface area (Å²) >= 11 is 0. The molecular weight excluding hydrogens is 214 g/mol. The van der Waals surface area contributed by atoms with Crippen molar-refractivity contribution in [3.8, 4) is 0 Å². The Morgan fingerprint density at radius 1 is 1.29 bits per heavy atom. The molecule has 1 aromatic heterocycles. The van der Waals surface area contributed by atoms with Gasteiger partial charge < -0.3 is 11.1 Å². The first-order valence-electron chi connectivity index (χ1n) is 6.42. The zero-order chi connectivity index (χ0) is 11.7. The van der Waals surface area contributed by atoms with Gasteiger partial charge in [-0.1, -0.05) is 6.42 Å². The summed E-state index contributed by atoms with van der Waals surface area (Å²) in [5.74, 6) is 1.20. The number of nitrogens with two attached hydrogens (primary N) is 1. The van der Waals surface area contributed by atoms with Crippen molar-refractivity contribution >= 4 is 11.8 Å². The van der Waals surface area contributed by atoms with E-state index in [1.165, 1.54) is 38.8 Å². The summed E-state index contributed by atoms with van der Waals surface area (Å²) < 4.78 is 0. The summed E-state index contributed by atoms with van der Waals surface area (Å²) in [5, 5.41) is 3.51. The van der Waals surface area contributed by atoms with Crippen molar-refractivity contribution in [1.82, 2.24) is 14.9 Å². The van der Waals surface area contributed by atoms with Gasteiger partial charge >= 0.3 is 0 Å². The average Bonchev–Trinajstić information content (AvgIpc) is 2.73. The molecule has 2 aliphatic heterocycles. The van der Waals surface area contributed by atoms with Crippen molar-refractivity contribution in [3.05, 3.63) is 12.3 Å². The molecule has 2 saturated heterocycles. The van der Waals surface area contributed by atoms with Crippen LogP contribution in [0.5, 0.6) is 0 Å². The maximum absolute atomic E-state index is 5.59. The number of nitrogens with zero attached hydrogens (tertiary/aromatic N) is 3. The molecule has 2 aliphatic rings. The first-order chi connectivity index (χ1) is 8.33. The standard InChI is InChI=1S/C12H19N5/c13-12-14-6-4-11(16-12)15-9-5-8-17-7-2-1-3-10(9)17/h4,6,9-10H,1-3,5,7-8H2,(H3,13,14,15,16). The highest BCUT2D eigenvalue weighted by molar-refractivity contribution is 5.39. The molecule has 0 radical (unpaired) electrons. The lowest BCUT2D eigenvalue weighted by atomic mass is 9.99. The van der Waals surface area contributed by atoms with Crippen molar-refractivity contribution in [2.75, 3.05) is 24.1 Å². The van der Waals surface area contributed by atoms with Gasteiger partial charge in [0.1, 0.15) is 5.82 Å². The molecule has 0 aromatic carbocycles. The van der Waals surface area contributed by atoms with Crippen molar-refractivity contribution < 1.29 is 0 Å². The van der Waals surface area contributed by atoms with Gasteiger partial charge in [-0.15, -0.1) is 0 Å². The fourth-order valence-corrected chi connectivity index (χ4v) is 3.06. The largest absolute Gasteiger partial charge is 0.368 e. The Bertz CT molecular complexity index is 394. The number of hydrogen-bond donors (Lipinski definition) is 2. The quantitative estimate of drug-likeness (QED) is 0.800. The second-order valence-corrected chi connectivity index (χ2v) is 4.94. The van der Waals surface area contributed by atoms with E-state index in [1.807, 2.05) is 6.07 Å². The van der Waals surface area contributed by atoms with E-state index in [2.05, 4.69) is 20.2 Å². The minimum atomic E-state index is 0.341. The molecule has 2 fully saturated rings. The van der Waals surface area contributed by atoms with Crippen LogP contribution < -0.4 is 11.1 Å². The monoisotopic (exact) mass is 233 g/mol. The molecule has 0 aliphatic carbocycles. The molecule has 2 unspecified atom stereocenters. The van der Waals surface area contributed by atoms with Crippen molar-refractivity contribution in [3.63, 3.8) is 0 Å². The highest BCUT2D eigenvalue weighted by Crippen LogP contribution is 2.28. The van der Waals surface area contributed by atoms with Crippen LogP contribution in [0.25, 0.3) is 0 Å². The summed E-state index contributed by atoms with van der Waals surface area (Å²) in [6.45, 7) is 2.47. The predicted molar refractivity (Wildman–Crippen MR) is 67.7 cm³/mol. The zero-order valence-corrected chi connectivity index (χ0v) is 9.97. The number of hydrogen-bond acceptors (Lipinski definition) is 5. The third-order valence-corrected chi connectivity index (χ3v) is 3.86. The van der Waals surface area contributed by atoms with Crippen LogP contribution in [-0.4, -0.2) is 40.0 Å². The van der Waals surface area contributed by atoms with Crippen molar-refractivity contribution in [1.29, 1.82) is 0 Å². The Kier molecular flexibility index (Phi) is 2.84. The van der Waals surface area contributed by atoms with E-state index >= 15 is 0 Å². The van der Waals surface area contributed by atoms with Crippen LogP contribution in [0.3, 0.4) is 0 Å². The molecule has 3 heterocycles. The number of piperidine rings is 1. The van der Waals surface area contributed by atoms with Gasteiger partial charge in [0.15, 0.2) is 0 Å². The number of anilines is 2. The molecule has 0 bridgehead atoms. The van der Waals surface area contributed by atoms with Crippen LogP contribution in [0, 0.1) is 0 Å². The molecule has 3 N–H and O–H groups in total. The molecule has 0 amide bonds. The Morgan fingerprint density at radius 2 is 2.24 bits per heavy atom. The predicted octanol–water partition coefficient (Wildman–Crippen LogP) is 1.10. The molecule has 17 heavy (non-hydrogen) atoms. The van der Waals surface area contributed by atoms with Crippen LogP contribution in [-0.2, 0) is 0 Å². The third-order valence-electron chi connectivity index (χ3n) is 3.86. The van der Waals surface area contributed by atoms with E-state index < -0.39 is 0 Å². The lowest BCUT2D eigenvalue weighted by Crippen LogP contribution is -2.41. The minimum Gasteiger partial charge on any atom is -0.368 e. The zero-order valence-electron chi connectivity index (χ0n) is 9.97. The second kappa shape index (κ2) is 4.49. The van der Waals surface area contributed by atoms with Gasteiger partial charge in [-0.3, -0.25) is 4.90 Å². The van der Waals surface area contributed by atoms with Crippen LogP contribution in [0.2, 0.25) is 0 Å². The number of nitrogens with one attached hydrogen (secondary N) is 1. The highest BCUT2D eigenvalue weighted by atomic mass is 15.2. The number of fused-ring (bicyclic) bond motifs is 1. The van der Waals surface area contributed by atoms with Gasteiger partial charge in [-0.05, 0) is 31.9 Å². The van der Waals surface area contributed by atoms with Gasteiger partial charge in [0, 0.05) is 24.8 Å². The van der Waals surface area contributed by atoms with E-state index in [-0.39, 0.29) is 0 Å². The minimum absolute atomic E-state index is 0.341. The lowest BCUT2D eigenvalue weighted by molar-refractivity contribution is 0.192. The average molecular weight is 233 g/mol. The van der Waals surface area contributed by atoms with Crippen LogP contribution in [0.15, 0.2) is 12.3 Å². The van der Waals surface area contributed by atoms with Crippen LogP contribution >= 0.6 is 0 Å². The third kappa shape index (κ3) is 2.20. The number of aromatic nitrogens is 2. The Labute approximate surface area is 101 Å². The maximum atomic E-state index is 5.59. The van der Waals surface area contributed by atoms with Crippen LogP contribution in [0.1, 0.15) is 25.7 Å². The second-order valence-electron chi connectivity index (χ2n) is 4.94. The first kappa shape index (κ1) is 10.8. The molecule has 5 heteroatoms. The highest BCUT2D eigenvalue weighted by Gasteiger charge is 2.35. The maximum Gasteiger partial charge on any atom is 0.221 e. The Morgan fingerprint density at radius 3 is 3.12 bits per heavy atom. The summed E-state index contributed by atoms with van der Waals surface area (Å²) in [5.41, 5.74) is 5.59. The summed E-state index contributed by atoms with van der Waals surface area (Å²) in [6.07, 6.45) is 6.92. The summed E-state index contributed by atoms with van der Waals surface area (Å²) in [6, 6.07) is 3.09. The molecule has 5 nitrogen and oxygen atoms in total. The summed E-state index contributed by atoms with van der Waals surface area (Å²) in [4.78, 5) is 10.7. The Balaban J connectivity index is 1.69. The molecule has 1 aromatic rings. The molecule has 2 atom stereocenters. The Hall–Kier alpha value is -1.36. The van der Waals surface area contributed by atoms with Gasteiger partial charge in [-0.2, -0.15) is 4.98 Å². The van der Waals surface area contributed by atoms with E-state index in [4.69, 9.17) is 5.73 Å². The van der Waals surface area contributed by atoms with Crippen molar-refractivity contribution in [2.24, 2.45) is 0 Å². The van der Waals surface area contributed by atoms with Crippen molar-refractivity contribution in [2.45, 2.75) is 37.8 Å². The van der Waals surface area contributed by atoms with E-state index in [0.29, 0.717) is 18.0 Å². The fourth-order valence-electron chi connectivity index (χ4n) is 3.06. The first-order valence-corrected chi connectivity index (χ1v) is 6.42. The topological polar surface area (TPSA) is 67.1 Å².